The van der Waals surface area contributed by atoms with Crippen molar-refractivity contribution in [2.75, 3.05) is 32.7 Å². The van der Waals surface area contributed by atoms with Crippen LogP contribution in [0.15, 0.2) is 0 Å². The highest BCUT2D eigenvalue weighted by atomic mass is 16.1. The molecule has 0 bridgehead atoms. The molecule has 0 aromatic heterocycles. The number of piperidine rings is 2. The molecule has 104 valence electrons. The molecular weight excluding hydrogens is 226 g/mol. The number of carbonyl (C=O) groups excluding carboxylic acids is 1. The Morgan fingerprint density at radius 2 is 2.06 bits per heavy atom. The lowest BCUT2D eigenvalue weighted by molar-refractivity contribution is -0.125. The van der Waals surface area contributed by atoms with Crippen LogP contribution in [0.2, 0.25) is 0 Å². The number of nitrogens with zero attached hydrogens (tertiary/aromatic N) is 1. The summed E-state index contributed by atoms with van der Waals surface area (Å²) in [5, 5.41) is 6.41. The third kappa shape index (κ3) is 3.95. The van der Waals surface area contributed by atoms with Crippen molar-refractivity contribution < 1.29 is 4.79 Å². The van der Waals surface area contributed by atoms with Gasteiger partial charge in [-0.1, -0.05) is 6.42 Å². The van der Waals surface area contributed by atoms with Crippen molar-refractivity contribution in [3.8, 4) is 0 Å². The van der Waals surface area contributed by atoms with Crippen LogP contribution in [0, 0.1) is 5.92 Å². The van der Waals surface area contributed by atoms with Crippen LogP contribution in [0.3, 0.4) is 0 Å². The van der Waals surface area contributed by atoms with E-state index in [4.69, 9.17) is 0 Å². The van der Waals surface area contributed by atoms with E-state index in [0.29, 0.717) is 6.04 Å². The van der Waals surface area contributed by atoms with E-state index in [1.54, 1.807) is 0 Å². The average Bonchev–Trinajstić information content (AvgIpc) is 2.42. The molecule has 0 saturated carbocycles. The van der Waals surface area contributed by atoms with Crippen LogP contribution in [0.5, 0.6) is 0 Å². The first-order valence-electron chi connectivity index (χ1n) is 7.50. The van der Waals surface area contributed by atoms with Gasteiger partial charge in [-0.25, -0.2) is 0 Å². The fraction of sp³-hybridized carbons (Fsp3) is 0.929. The molecule has 2 heterocycles. The van der Waals surface area contributed by atoms with Gasteiger partial charge >= 0.3 is 0 Å². The number of amides is 1. The van der Waals surface area contributed by atoms with Gasteiger partial charge in [0.05, 0.1) is 0 Å². The Labute approximate surface area is 110 Å². The van der Waals surface area contributed by atoms with Crippen LogP contribution in [-0.4, -0.2) is 49.6 Å². The monoisotopic (exact) mass is 253 g/mol. The highest BCUT2D eigenvalue weighted by Gasteiger charge is 2.21. The van der Waals surface area contributed by atoms with E-state index < -0.39 is 0 Å². The molecule has 18 heavy (non-hydrogen) atoms. The summed E-state index contributed by atoms with van der Waals surface area (Å²) in [5.41, 5.74) is 0. The smallest absolute Gasteiger partial charge is 0.223 e. The first kappa shape index (κ1) is 13.8. The fourth-order valence-electron chi connectivity index (χ4n) is 3.04. The number of rotatable bonds is 4. The van der Waals surface area contributed by atoms with E-state index in [9.17, 15) is 4.79 Å². The largest absolute Gasteiger partial charge is 0.355 e. The van der Waals surface area contributed by atoms with Crippen molar-refractivity contribution in [3.05, 3.63) is 0 Å². The van der Waals surface area contributed by atoms with E-state index in [-0.39, 0.29) is 11.8 Å². The van der Waals surface area contributed by atoms with Gasteiger partial charge in [0.1, 0.15) is 0 Å². The van der Waals surface area contributed by atoms with Gasteiger partial charge in [0, 0.05) is 25.0 Å². The molecule has 1 unspecified atom stereocenters. The second kappa shape index (κ2) is 7.10. The highest BCUT2D eigenvalue weighted by molar-refractivity contribution is 5.78. The van der Waals surface area contributed by atoms with Crippen molar-refractivity contribution >= 4 is 5.91 Å². The number of likely N-dealkylation sites (tertiary alicyclic amines) is 1. The molecule has 2 saturated heterocycles. The molecule has 0 aromatic rings. The molecule has 2 rings (SSSR count). The number of carbonyl (C=O) groups is 1. The van der Waals surface area contributed by atoms with Crippen molar-refractivity contribution in [2.24, 2.45) is 5.92 Å². The van der Waals surface area contributed by atoms with Gasteiger partial charge in [-0.3, -0.25) is 9.69 Å². The Morgan fingerprint density at radius 1 is 1.28 bits per heavy atom. The SMILES string of the molecule is CC1CCCCN1CCNC(=O)C1CCNCC1. The van der Waals surface area contributed by atoms with E-state index in [1.807, 2.05) is 0 Å². The molecular formula is C14H27N3O. The van der Waals surface area contributed by atoms with Gasteiger partial charge in [0.2, 0.25) is 5.91 Å². The maximum absolute atomic E-state index is 12.0. The lowest BCUT2D eigenvalue weighted by Gasteiger charge is -2.33. The summed E-state index contributed by atoms with van der Waals surface area (Å²) in [6.45, 7) is 7.30. The van der Waals surface area contributed by atoms with Crippen LogP contribution in [0.25, 0.3) is 0 Å². The van der Waals surface area contributed by atoms with Crippen molar-refractivity contribution in [2.45, 2.75) is 45.1 Å². The minimum atomic E-state index is 0.241. The molecule has 4 heteroatoms. The summed E-state index contributed by atoms with van der Waals surface area (Å²) in [4.78, 5) is 14.5. The van der Waals surface area contributed by atoms with Gasteiger partial charge in [0.15, 0.2) is 0 Å². The van der Waals surface area contributed by atoms with Crippen LogP contribution >= 0.6 is 0 Å². The summed E-state index contributed by atoms with van der Waals surface area (Å²) in [7, 11) is 0. The molecule has 1 amide bonds. The molecule has 0 radical (unpaired) electrons. The summed E-state index contributed by atoms with van der Waals surface area (Å²) < 4.78 is 0. The van der Waals surface area contributed by atoms with E-state index >= 15 is 0 Å². The fourth-order valence-corrected chi connectivity index (χ4v) is 3.04. The van der Waals surface area contributed by atoms with Crippen molar-refractivity contribution in [3.63, 3.8) is 0 Å². The lowest BCUT2D eigenvalue weighted by Crippen LogP contribution is -2.44. The Balaban J connectivity index is 1.63. The second-order valence-electron chi connectivity index (χ2n) is 5.70. The van der Waals surface area contributed by atoms with Gasteiger partial charge < -0.3 is 10.6 Å². The maximum Gasteiger partial charge on any atom is 0.223 e. The van der Waals surface area contributed by atoms with Crippen LogP contribution in [0.4, 0.5) is 0 Å². The maximum atomic E-state index is 12.0. The summed E-state index contributed by atoms with van der Waals surface area (Å²) >= 11 is 0. The molecule has 2 fully saturated rings. The normalized spacial score (nSPS) is 27.1. The Morgan fingerprint density at radius 3 is 2.78 bits per heavy atom. The van der Waals surface area contributed by atoms with Crippen LogP contribution in [-0.2, 0) is 4.79 Å². The van der Waals surface area contributed by atoms with Gasteiger partial charge in [-0.2, -0.15) is 0 Å². The number of hydrogen-bond acceptors (Lipinski definition) is 3. The topological polar surface area (TPSA) is 44.4 Å². The molecule has 0 aliphatic carbocycles. The second-order valence-corrected chi connectivity index (χ2v) is 5.70. The van der Waals surface area contributed by atoms with E-state index in [1.165, 1.54) is 25.8 Å². The number of nitrogens with one attached hydrogen (secondary N) is 2. The molecule has 2 aliphatic heterocycles. The quantitative estimate of drug-likeness (QED) is 0.785. The van der Waals surface area contributed by atoms with E-state index in [0.717, 1.165) is 39.0 Å². The first-order chi connectivity index (χ1) is 8.77. The minimum absolute atomic E-state index is 0.241. The van der Waals surface area contributed by atoms with Crippen molar-refractivity contribution in [1.82, 2.24) is 15.5 Å². The standard InChI is InChI=1S/C14H27N3O/c1-12-4-2-3-10-17(12)11-9-16-14(18)13-5-7-15-8-6-13/h12-13,15H,2-11H2,1H3,(H,16,18). The summed E-state index contributed by atoms with van der Waals surface area (Å²) in [6.07, 6.45) is 5.96. The van der Waals surface area contributed by atoms with Gasteiger partial charge in [-0.15, -0.1) is 0 Å². The lowest BCUT2D eigenvalue weighted by atomic mass is 9.97. The van der Waals surface area contributed by atoms with E-state index in [2.05, 4.69) is 22.5 Å². The highest BCUT2D eigenvalue weighted by Crippen LogP contribution is 2.15. The molecule has 0 aromatic carbocycles. The zero-order valence-corrected chi connectivity index (χ0v) is 11.6. The molecule has 0 spiro atoms. The van der Waals surface area contributed by atoms with Crippen molar-refractivity contribution in [1.29, 1.82) is 0 Å². The molecule has 2 N–H and O–H groups in total. The summed E-state index contributed by atoms with van der Waals surface area (Å²) in [5.74, 6) is 0.506. The minimum Gasteiger partial charge on any atom is -0.355 e. The Hall–Kier alpha value is -0.610. The number of hydrogen-bond donors (Lipinski definition) is 2. The van der Waals surface area contributed by atoms with Gasteiger partial charge in [-0.05, 0) is 52.2 Å². The van der Waals surface area contributed by atoms with Crippen LogP contribution < -0.4 is 10.6 Å². The van der Waals surface area contributed by atoms with Gasteiger partial charge in [0.25, 0.3) is 0 Å². The third-order valence-electron chi connectivity index (χ3n) is 4.35. The Kier molecular flexibility index (Phi) is 5.45. The molecule has 4 nitrogen and oxygen atoms in total. The average molecular weight is 253 g/mol. The first-order valence-corrected chi connectivity index (χ1v) is 7.50. The van der Waals surface area contributed by atoms with Crippen LogP contribution in [0.1, 0.15) is 39.0 Å². The Bertz CT molecular complexity index is 264. The zero-order chi connectivity index (χ0) is 12.8. The predicted octanol–water partition coefficient (Wildman–Crippen LogP) is 0.977. The molecule has 1 atom stereocenters. The zero-order valence-electron chi connectivity index (χ0n) is 11.6. The summed E-state index contributed by atoms with van der Waals surface area (Å²) in [6, 6.07) is 0.689. The predicted molar refractivity (Wildman–Crippen MR) is 73.5 cm³/mol. The molecule has 2 aliphatic rings. The third-order valence-corrected chi connectivity index (χ3v) is 4.35.